The van der Waals surface area contributed by atoms with Gasteiger partial charge in [-0.05, 0) is 85.0 Å². The van der Waals surface area contributed by atoms with Crippen LogP contribution in [0.3, 0.4) is 0 Å². The van der Waals surface area contributed by atoms with Gasteiger partial charge in [0.05, 0.1) is 10.8 Å². The van der Waals surface area contributed by atoms with Gasteiger partial charge in [-0.3, -0.25) is 0 Å². The van der Waals surface area contributed by atoms with Crippen molar-refractivity contribution in [2.75, 3.05) is 67.1 Å². The highest BCUT2D eigenvalue weighted by Crippen LogP contribution is 2.47. The van der Waals surface area contributed by atoms with Gasteiger partial charge < -0.3 is 30.0 Å². The Morgan fingerprint density at radius 2 is 1.28 bits per heavy atom. The standard InChI is InChI=1S/C20H23N7S.C16H23N5.C4HBrN2S/c1-2-20-11-26(18-16-3-6-22-17(16)23-13-24-18)7-4-14(20)5-8-27(12-20)19-25-15(9-21)10-28-19;1-2-16-9-17-6-3-12(16)5-8-21(10-16)15-13-4-7-18-14(13)19-11-20-15;5-4-7-3(1-6)2-8-4/h3,6,10,13-14H,2,4-5,7-8,11-12H2,1H3,(H,22,23,24);4,7,11-12,17H,2-3,5-6,8-10H2,1H3,(H,18,19,20);2H/t14-,20+;12-,16+;/m10./s1. The Labute approximate surface area is 348 Å². The lowest BCUT2D eigenvalue weighted by Gasteiger charge is -2.54. The summed E-state index contributed by atoms with van der Waals surface area (Å²) in [4.78, 5) is 39.9. The molecule has 0 aromatic carbocycles. The first-order chi connectivity index (χ1) is 27.9. The van der Waals surface area contributed by atoms with Gasteiger partial charge in [-0.15, -0.1) is 22.7 Å². The Balaban J connectivity index is 0.000000137. The summed E-state index contributed by atoms with van der Waals surface area (Å²) in [6, 6.07) is 8.24. The number of nitrogens with one attached hydrogen (secondary N) is 3. The number of H-pyrrole nitrogens is 2. The minimum absolute atomic E-state index is 0.211. The molecule has 4 atom stereocenters. The van der Waals surface area contributed by atoms with Crippen LogP contribution in [0, 0.1) is 45.3 Å². The molecule has 4 saturated heterocycles. The number of aromatic nitrogens is 8. The van der Waals surface area contributed by atoms with E-state index < -0.39 is 0 Å². The number of hydrogen-bond donors (Lipinski definition) is 3. The van der Waals surface area contributed by atoms with Crippen molar-refractivity contribution in [3.8, 4) is 12.1 Å². The third kappa shape index (κ3) is 7.95. The predicted octanol–water partition coefficient (Wildman–Crippen LogP) is 7.37. The van der Waals surface area contributed by atoms with E-state index in [1.165, 1.54) is 50.0 Å². The lowest BCUT2D eigenvalue weighted by molar-refractivity contribution is 0.0844. The van der Waals surface area contributed by atoms with Crippen molar-refractivity contribution >= 4 is 77.4 Å². The highest BCUT2D eigenvalue weighted by Gasteiger charge is 2.47. The first-order valence-corrected chi connectivity index (χ1v) is 22.3. The van der Waals surface area contributed by atoms with Gasteiger partial charge in [0, 0.05) is 79.8 Å². The van der Waals surface area contributed by atoms with Crippen LogP contribution >= 0.6 is 38.6 Å². The van der Waals surface area contributed by atoms with E-state index in [2.05, 4.69) is 108 Å². The average molecular weight is 868 g/mol. The summed E-state index contributed by atoms with van der Waals surface area (Å²) in [5.41, 5.74) is 3.45. The number of aromatic amines is 2. The van der Waals surface area contributed by atoms with Crippen molar-refractivity contribution < 1.29 is 0 Å². The maximum Gasteiger partial charge on any atom is 0.186 e. The van der Waals surface area contributed by atoms with Crippen LogP contribution in [0.4, 0.5) is 16.8 Å². The van der Waals surface area contributed by atoms with Crippen LogP contribution in [0.2, 0.25) is 0 Å². The molecule has 4 aliphatic heterocycles. The first kappa shape index (κ1) is 39.2. The molecule has 0 radical (unpaired) electrons. The zero-order valence-corrected chi connectivity index (χ0v) is 35.5. The summed E-state index contributed by atoms with van der Waals surface area (Å²) >= 11 is 6.12. The smallest absolute Gasteiger partial charge is 0.186 e. The van der Waals surface area contributed by atoms with Gasteiger partial charge >= 0.3 is 0 Å². The van der Waals surface area contributed by atoms with E-state index in [1.54, 1.807) is 29.4 Å². The molecule has 14 nitrogen and oxygen atoms in total. The second-order valence-electron chi connectivity index (χ2n) is 15.5. The van der Waals surface area contributed by atoms with Gasteiger partial charge in [-0.2, -0.15) is 10.5 Å². The molecule has 6 aromatic rings. The van der Waals surface area contributed by atoms with Gasteiger partial charge in [-0.1, -0.05) is 13.8 Å². The lowest BCUT2D eigenvalue weighted by atomic mass is 9.65. The van der Waals surface area contributed by atoms with Crippen LogP contribution in [-0.2, 0) is 0 Å². The minimum atomic E-state index is 0.211. The van der Waals surface area contributed by atoms with E-state index in [1.807, 2.05) is 23.8 Å². The molecule has 3 N–H and O–H groups in total. The van der Waals surface area contributed by atoms with Crippen molar-refractivity contribution in [1.29, 1.82) is 10.5 Å². The second kappa shape index (κ2) is 17.0. The molecule has 0 unspecified atom stereocenters. The zero-order chi connectivity index (χ0) is 39.4. The summed E-state index contributed by atoms with van der Waals surface area (Å²) in [5.74, 6) is 3.72. The minimum Gasteiger partial charge on any atom is -0.355 e. The van der Waals surface area contributed by atoms with Crippen LogP contribution in [0.25, 0.3) is 22.1 Å². The van der Waals surface area contributed by atoms with E-state index in [0.717, 1.165) is 107 Å². The molecule has 57 heavy (non-hydrogen) atoms. The Morgan fingerprint density at radius 3 is 1.82 bits per heavy atom. The number of hydrogen-bond acceptors (Lipinski definition) is 14. The van der Waals surface area contributed by atoms with E-state index >= 15 is 0 Å². The van der Waals surface area contributed by atoms with Crippen molar-refractivity contribution in [3.63, 3.8) is 0 Å². The fourth-order valence-electron chi connectivity index (χ4n) is 9.63. The molecule has 6 aromatic heterocycles. The van der Waals surface area contributed by atoms with Crippen molar-refractivity contribution in [2.24, 2.45) is 22.7 Å². The van der Waals surface area contributed by atoms with Crippen molar-refractivity contribution in [1.82, 2.24) is 45.2 Å². The van der Waals surface area contributed by atoms with Crippen LogP contribution in [0.5, 0.6) is 0 Å². The Bertz CT molecular complexity index is 2370. The molecule has 10 heterocycles. The molecule has 0 spiro atoms. The van der Waals surface area contributed by atoms with Crippen LogP contribution in [0.15, 0.2) is 51.9 Å². The van der Waals surface area contributed by atoms with Crippen molar-refractivity contribution in [2.45, 2.75) is 52.4 Å². The average Bonchev–Trinajstić information content (AvgIpc) is 4.11. The monoisotopic (exact) mass is 866 g/mol. The van der Waals surface area contributed by atoms with E-state index in [0.29, 0.717) is 16.8 Å². The molecule has 296 valence electrons. The van der Waals surface area contributed by atoms with E-state index in [4.69, 9.17) is 10.5 Å². The third-order valence-electron chi connectivity index (χ3n) is 12.8. The van der Waals surface area contributed by atoms with E-state index in [-0.39, 0.29) is 5.41 Å². The SMILES string of the molecule is CC[C@]12CN(c3nc(C#N)cs3)CC[C@H]1CCN(c1ncnc3[nH]ccc13)C2.CC[C@]12CNCC[C@H]1CCN(c1ncnc3[nH]ccc13)C2.N#Cc1csc(Br)n1. The van der Waals surface area contributed by atoms with Gasteiger partial charge in [0.25, 0.3) is 0 Å². The van der Waals surface area contributed by atoms with E-state index in [9.17, 15) is 0 Å². The quantitative estimate of drug-likeness (QED) is 0.157. The largest absolute Gasteiger partial charge is 0.355 e. The van der Waals surface area contributed by atoms with Gasteiger partial charge in [0.2, 0.25) is 0 Å². The fraction of sp³-hybridized carbons (Fsp3) is 0.500. The van der Waals surface area contributed by atoms with Crippen LogP contribution < -0.4 is 20.0 Å². The summed E-state index contributed by atoms with van der Waals surface area (Å²) < 4.78 is 0.758. The predicted molar refractivity (Wildman–Crippen MR) is 230 cm³/mol. The fourth-order valence-corrected chi connectivity index (χ4v) is 11.3. The second-order valence-corrected chi connectivity index (χ2v) is 18.5. The normalized spacial score (nSPS) is 24.3. The summed E-state index contributed by atoms with van der Waals surface area (Å²) in [7, 11) is 0. The molecule has 0 amide bonds. The number of rotatable bonds is 5. The highest BCUT2D eigenvalue weighted by atomic mass is 79.9. The van der Waals surface area contributed by atoms with Crippen LogP contribution in [0.1, 0.15) is 63.8 Å². The molecule has 4 fully saturated rings. The number of halogens is 1. The number of fused-ring (bicyclic) bond motifs is 4. The molecular weight excluding hydrogens is 821 g/mol. The van der Waals surface area contributed by atoms with Crippen molar-refractivity contribution in [3.05, 3.63) is 63.2 Å². The maximum atomic E-state index is 9.12. The molecule has 10 rings (SSSR count). The molecule has 4 aliphatic rings. The third-order valence-corrected chi connectivity index (χ3v) is 15.0. The molecular formula is C40H47BrN14S2. The molecule has 0 bridgehead atoms. The van der Waals surface area contributed by atoms with Gasteiger partial charge in [0.1, 0.15) is 47.7 Å². The Kier molecular flexibility index (Phi) is 11.7. The first-order valence-electron chi connectivity index (χ1n) is 19.8. The summed E-state index contributed by atoms with van der Waals surface area (Å²) in [6.07, 6.45) is 14.6. The maximum absolute atomic E-state index is 9.12. The molecule has 17 heteroatoms. The molecule has 0 saturated carbocycles. The topological polar surface area (TPSA) is 178 Å². The van der Waals surface area contributed by atoms with Gasteiger partial charge in [-0.25, -0.2) is 29.9 Å². The number of nitrogens with zero attached hydrogens (tertiary/aromatic N) is 11. The Morgan fingerprint density at radius 1 is 0.737 bits per heavy atom. The highest BCUT2D eigenvalue weighted by molar-refractivity contribution is 9.11. The van der Waals surface area contributed by atoms with Gasteiger partial charge in [0.15, 0.2) is 20.4 Å². The number of nitriles is 2. The number of anilines is 3. The van der Waals surface area contributed by atoms with Crippen LogP contribution in [-0.4, -0.2) is 92.2 Å². The lowest BCUT2D eigenvalue weighted by Crippen LogP contribution is -2.58. The number of piperidine rings is 4. The summed E-state index contributed by atoms with van der Waals surface area (Å²) in [6.45, 7) is 13.3. The zero-order valence-electron chi connectivity index (χ0n) is 32.3. The number of thiazole rings is 2. The molecule has 0 aliphatic carbocycles. The summed E-state index contributed by atoms with van der Waals surface area (Å²) in [5, 5.41) is 27.7. The Hall–Kier alpha value is -4.68.